The van der Waals surface area contributed by atoms with Crippen molar-refractivity contribution in [2.75, 3.05) is 13.1 Å². The van der Waals surface area contributed by atoms with E-state index in [1.807, 2.05) is 19.1 Å². The first-order valence-corrected chi connectivity index (χ1v) is 6.97. The van der Waals surface area contributed by atoms with Crippen LogP contribution in [0.4, 0.5) is 0 Å². The van der Waals surface area contributed by atoms with Crippen LogP contribution in [0, 0.1) is 0 Å². The molecule has 1 heterocycles. The van der Waals surface area contributed by atoms with E-state index in [0.29, 0.717) is 5.11 Å². The highest BCUT2D eigenvalue weighted by Crippen LogP contribution is 2.16. The Labute approximate surface area is 119 Å². The van der Waals surface area contributed by atoms with Gasteiger partial charge in [0.05, 0.1) is 5.71 Å². The number of thiocarbonyl (C=S) groups is 1. The third-order valence-corrected chi connectivity index (χ3v) is 3.61. The maximum Gasteiger partial charge on any atom is 0.189 e. The first-order chi connectivity index (χ1) is 9.18. The zero-order chi connectivity index (χ0) is 13.7. The number of aromatic hydroxyl groups is 1. The minimum Gasteiger partial charge on any atom is -0.507 e. The zero-order valence-corrected chi connectivity index (χ0v) is 11.9. The number of phenolic OH excluding ortho intramolecular Hbond substituents is 1. The third-order valence-electron chi connectivity index (χ3n) is 3.26. The second-order valence-corrected chi connectivity index (χ2v) is 5.07. The van der Waals surface area contributed by atoms with E-state index in [1.54, 1.807) is 12.1 Å². The SMILES string of the molecule is C/C(=N\NC(=S)N1CCCCC1)c1ccccc1O. The fraction of sp³-hybridized carbons (Fsp3) is 0.429. The predicted molar refractivity (Wildman–Crippen MR) is 81.5 cm³/mol. The quantitative estimate of drug-likeness (QED) is 0.495. The van der Waals surface area contributed by atoms with Crippen molar-refractivity contribution < 1.29 is 5.11 Å². The molecule has 1 aromatic rings. The number of para-hydroxylation sites is 1. The van der Waals surface area contributed by atoms with Crippen LogP contribution in [0.1, 0.15) is 31.7 Å². The summed E-state index contributed by atoms with van der Waals surface area (Å²) in [5, 5.41) is 14.7. The summed E-state index contributed by atoms with van der Waals surface area (Å²) in [6, 6.07) is 7.14. The molecule has 2 N–H and O–H groups in total. The van der Waals surface area contributed by atoms with E-state index in [9.17, 15) is 5.11 Å². The van der Waals surface area contributed by atoms with Crippen molar-refractivity contribution in [3.05, 3.63) is 29.8 Å². The Morgan fingerprint density at radius 3 is 2.63 bits per heavy atom. The van der Waals surface area contributed by atoms with Gasteiger partial charge in [0.2, 0.25) is 0 Å². The van der Waals surface area contributed by atoms with E-state index in [2.05, 4.69) is 15.4 Å². The summed E-state index contributed by atoms with van der Waals surface area (Å²) in [6.07, 6.45) is 3.65. The molecule has 2 rings (SSSR count). The third kappa shape index (κ3) is 3.67. The summed E-state index contributed by atoms with van der Waals surface area (Å²) in [6.45, 7) is 3.84. The Balaban J connectivity index is 1.98. The summed E-state index contributed by atoms with van der Waals surface area (Å²) in [5.74, 6) is 0.231. The van der Waals surface area contributed by atoms with Gasteiger partial charge in [0.25, 0.3) is 0 Å². The van der Waals surface area contributed by atoms with Crippen molar-refractivity contribution in [2.24, 2.45) is 5.10 Å². The fourth-order valence-electron chi connectivity index (χ4n) is 2.14. The number of nitrogens with one attached hydrogen (secondary N) is 1. The molecule has 1 aliphatic rings. The number of hydrogen-bond donors (Lipinski definition) is 2. The van der Waals surface area contributed by atoms with Gasteiger partial charge in [0.1, 0.15) is 5.75 Å². The number of hydrazone groups is 1. The van der Waals surface area contributed by atoms with Crippen LogP contribution in [0.3, 0.4) is 0 Å². The van der Waals surface area contributed by atoms with Crippen LogP contribution in [-0.4, -0.2) is 33.9 Å². The van der Waals surface area contributed by atoms with Gasteiger partial charge in [-0.3, -0.25) is 5.43 Å². The molecule has 19 heavy (non-hydrogen) atoms. The van der Waals surface area contributed by atoms with E-state index in [1.165, 1.54) is 19.3 Å². The number of piperidine rings is 1. The topological polar surface area (TPSA) is 47.9 Å². The van der Waals surface area contributed by atoms with Crippen LogP contribution in [0.5, 0.6) is 5.75 Å². The first kappa shape index (κ1) is 13.8. The standard InChI is InChI=1S/C14H19N3OS/c1-11(12-7-3-4-8-13(12)18)15-16-14(19)17-9-5-2-6-10-17/h3-4,7-8,18H,2,5-6,9-10H2,1H3,(H,16,19)/b15-11+. The summed E-state index contributed by atoms with van der Waals surface area (Å²) < 4.78 is 0. The lowest BCUT2D eigenvalue weighted by molar-refractivity contribution is 0.338. The van der Waals surface area contributed by atoms with E-state index < -0.39 is 0 Å². The van der Waals surface area contributed by atoms with Crippen molar-refractivity contribution in [3.8, 4) is 5.75 Å². The van der Waals surface area contributed by atoms with Crippen LogP contribution in [-0.2, 0) is 0 Å². The monoisotopic (exact) mass is 277 g/mol. The van der Waals surface area contributed by atoms with Gasteiger partial charge in [-0.1, -0.05) is 12.1 Å². The molecular weight excluding hydrogens is 258 g/mol. The lowest BCUT2D eigenvalue weighted by Gasteiger charge is -2.28. The first-order valence-electron chi connectivity index (χ1n) is 6.56. The molecule has 0 unspecified atom stereocenters. The van der Waals surface area contributed by atoms with E-state index in [4.69, 9.17) is 12.2 Å². The Morgan fingerprint density at radius 2 is 1.95 bits per heavy atom. The molecule has 5 heteroatoms. The lowest BCUT2D eigenvalue weighted by atomic mass is 10.1. The predicted octanol–water partition coefficient (Wildman–Crippen LogP) is 2.48. The van der Waals surface area contributed by atoms with Crippen LogP contribution in [0.15, 0.2) is 29.4 Å². The summed E-state index contributed by atoms with van der Waals surface area (Å²) >= 11 is 5.32. The van der Waals surface area contributed by atoms with Gasteiger partial charge in [0, 0.05) is 18.7 Å². The van der Waals surface area contributed by atoms with Gasteiger partial charge < -0.3 is 10.0 Å². The molecule has 0 amide bonds. The Kier molecular flexibility index (Phi) is 4.74. The van der Waals surface area contributed by atoms with Crippen molar-refractivity contribution in [3.63, 3.8) is 0 Å². The average molecular weight is 277 g/mol. The van der Waals surface area contributed by atoms with Gasteiger partial charge in [-0.25, -0.2) is 0 Å². The number of hydrogen-bond acceptors (Lipinski definition) is 3. The second-order valence-electron chi connectivity index (χ2n) is 4.68. The van der Waals surface area contributed by atoms with Gasteiger partial charge in [-0.2, -0.15) is 5.10 Å². The molecule has 0 aliphatic carbocycles. The van der Waals surface area contributed by atoms with Crippen LogP contribution in [0.25, 0.3) is 0 Å². The molecule has 0 aromatic heterocycles. The minimum absolute atomic E-state index is 0.231. The van der Waals surface area contributed by atoms with Crippen molar-refractivity contribution >= 4 is 23.0 Å². The molecule has 0 spiro atoms. The summed E-state index contributed by atoms with van der Waals surface area (Å²) in [4.78, 5) is 2.14. The molecule has 102 valence electrons. The lowest BCUT2D eigenvalue weighted by Crippen LogP contribution is -2.40. The van der Waals surface area contributed by atoms with E-state index in [-0.39, 0.29) is 5.75 Å². The molecule has 1 aromatic carbocycles. The maximum atomic E-state index is 9.74. The molecule has 0 atom stereocenters. The minimum atomic E-state index is 0.231. The maximum absolute atomic E-state index is 9.74. The molecule has 0 bridgehead atoms. The van der Waals surface area contributed by atoms with Crippen molar-refractivity contribution in [2.45, 2.75) is 26.2 Å². The fourth-order valence-corrected chi connectivity index (χ4v) is 2.37. The van der Waals surface area contributed by atoms with E-state index in [0.717, 1.165) is 24.4 Å². The Bertz CT molecular complexity index is 481. The van der Waals surface area contributed by atoms with Gasteiger partial charge in [-0.05, 0) is 50.5 Å². The number of nitrogens with zero attached hydrogens (tertiary/aromatic N) is 2. The molecule has 0 radical (unpaired) electrons. The van der Waals surface area contributed by atoms with Gasteiger partial charge in [0.15, 0.2) is 5.11 Å². The highest BCUT2D eigenvalue weighted by molar-refractivity contribution is 7.80. The Morgan fingerprint density at radius 1 is 1.26 bits per heavy atom. The number of rotatable bonds is 2. The number of phenols is 1. The Hall–Kier alpha value is -1.62. The zero-order valence-electron chi connectivity index (χ0n) is 11.1. The van der Waals surface area contributed by atoms with Crippen LogP contribution >= 0.6 is 12.2 Å². The summed E-state index contributed by atoms with van der Waals surface area (Å²) in [5.41, 5.74) is 4.35. The average Bonchev–Trinajstić information content (AvgIpc) is 2.46. The van der Waals surface area contributed by atoms with Crippen LogP contribution < -0.4 is 5.43 Å². The van der Waals surface area contributed by atoms with Gasteiger partial charge >= 0.3 is 0 Å². The molecule has 1 saturated heterocycles. The largest absolute Gasteiger partial charge is 0.507 e. The van der Waals surface area contributed by atoms with Gasteiger partial charge in [-0.15, -0.1) is 0 Å². The van der Waals surface area contributed by atoms with E-state index >= 15 is 0 Å². The number of benzene rings is 1. The van der Waals surface area contributed by atoms with Crippen LogP contribution in [0.2, 0.25) is 0 Å². The smallest absolute Gasteiger partial charge is 0.189 e. The second kappa shape index (κ2) is 6.52. The number of likely N-dealkylation sites (tertiary alicyclic amines) is 1. The summed E-state index contributed by atoms with van der Waals surface area (Å²) in [7, 11) is 0. The molecule has 1 aliphatic heterocycles. The molecule has 4 nitrogen and oxygen atoms in total. The molecular formula is C14H19N3OS. The molecule has 1 fully saturated rings. The molecule has 0 saturated carbocycles. The normalized spacial score (nSPS) is 16.3. The highest BCUT2D eigenvalue weighted by Gasteiger charge is 2.12. The van der Waals surface area contributed by atoms with Crippen molar-refractivity contribution in [1.29, 1.82) is 0 Å². The van der Waals surface area contributed by atoms with Crippen molar-refractivity contribution in [1.82, 2.24) is 10.3 Å². The highest BCUT2D eigenvalue weighted by atomic mass is 32.1.